The first-order chi connectivity index (χ1) is 3.13. The van der Waals surface area contributed by atoms with E-state index in [2.05, 4.69) is 11.2 Å². The fourth-order valence-electron chi connectivity index (χ4n) is 0.114. The van der Waals surface area contributed by atoms with Crippen molar-refractivity contribution in [2.24, 2.45) is 0 Å². The van der Waals surface area contributed by atoms with Gasteiger partial charge in [-0.05, 0) is 6.58 Å². The van der Waals surface area contributed by atoms with Crippen LogP contribution in [0.5, 0.6) is 0 Å². The van der Waals surface area contributed by atoms with Gasteiger partial charge < -0.3 is 14.7 Å². The zero-order valence-corrected chi connectivity index (χ0v) is 3.47. The van der Waals surface area contributed by atoms with Gasteiger partial charge in [-0.2, -0.15) is 4.39 Å². The molecule has 0 bridgehead atoms. The topological polar surface area (TPSA) is 49.7 Å². The summed E-state index contributed by atoms with van der Waals surface area (Å²) < 4.78 is 14.7. The predicted molar refractivity (Wildman–Crippen MR) is 28.7 cm³/mol. The zero-order valence-electron chi connectivity index (χ0n) is 3.47. The molecule has 0 aliphatic carbocycles. The molecule has 0 aromatic rings. The van der Waals surface area contributed by atoms with E-state index in [-0.39, 0.29) is 51.4 Å². The number of hydrogen-bond donors (Lipinski definition) is 2. The van der Waals surface area contributed by atoms with E-state index in [1.807, 2.05) is 0 Å². The third-order valence-corrected chi connectivity index (χ3v) is 0.233. The Labute approximate surface area is 89.1 Å². The molecule has 0 amide bonds. The van der Waals surface area contributed by atoms with E-state index < -0.39 is 13.3 Å². The van der Waals surface area contributed by atoms with Crippen LogP contribution in [0.1, 0.15) is 0 Å². The summed E-state index contributed by atoms with van der Waals surface area (Å²) >= 11 is 0. The molecule has 0 aliphatic heterocycles. The number of rotatable bonds is 2. The molecule has 0 aromatic carbocycles. The monoisotopic (exact) mass is 146 g/mol. The first-order valence-corrected chi connectivity index (χ1v) is 1.50. The summed E-state index contributed by atoms with van der Waals surface area (Å²) in [5, 5.41) is 15.5. The van der Waals surface area contributed by atoms with Crippen LogP contribution in [0.25, 0.3) is 0 Å². The molecular weight excluding hydrogens is 141 g/mol. The molecule has 2 N–H and O–H groups in total. The molecule has 3 nitrogen and oxygen atoms in total. The van der Waals surface area contributed by atoms with Gasteiger partial charge in [0, 0.05) is 0 Å². The van der Waals surface area contributed by atoms with E-state index in [0.717, 1.165) is 0 Å². The molecule has 0 rings (SSSR count). The van der Waals surface area contributed by atoms with Gasteiger partial charge >= 0.3 is 58.7 Å². The van der Waals surface area contributed by atoms with Crippen LogP contribution in [0.2, 0.25) is 0 Å². The van der Waals surface area contributed by atoms with Crippen LogP contribution in [0, 0.1) is 0 Å². The number of hydrogen-bond acceptors (Lipinski definition) is 3. The average Bonchev–Trinajstić information content (AvgIpc) is 1.27. The quantitative estimate of drug-likeness (QED) is 0.378. The minimum atomic E-state index is -2.10. The van der Waals surface area contributed by atoms with E-state index in [0.29, 0.717) is 0 Å². The van der Waals surface area contributed by atoms with Gasteiger partial charge in [0.1, 0.15) is 0 Å². The summed E-state index contributed by atoms with van der Waals surface area (Å²) in [5.41, 5.74) is 0. The van der Waals surface area contributed by atoms with Crippen molar-refractivity contribution in [3.63, 3.8) is 0 Å². The Morgan fingerprint density at radius 2 is 2.00 bits per heavy atom. The van der Waals surface area contributed by atoms with Gasteiger partial charge in [0.05, 0.1) is 0 Å². The average molecular weight is 146 g/mol. The van der Waals surface area contributed by atoms with Crippen LogP contribution in [-0.4, -0.2) is 68.8 Å². The second-order valence-electron chi connectivity index (χ2n) is 0.799. The molecule has 0 heterocycles. The van der Waals surface area contributed by atoms with E-state index in [1.165, 1.54) is 0 Å². The van der Waals surface area contributed by atoms with Crippen LogP contribution in [0.4, 0.5) is 4.39 Å². The molecule has 8 heavy (non-hydrogen) atoms. The molecule has 0 atom stereocenters. The first-order valence-electron chi connectivity index (χ1n) is 1.50. The zero-order chi connectivity index (χ0) is 5.86. The summed E-state index contributed by atoms with van der Waals surface area (Å²) in [6.45, 7) is 2.59. The SMILES string of the molecule is C=C(F)OB(O)O.[KH]. The fourth-order valence-corrected chi connectivity index (χ4v) is 0.114. The second kappa shape index (κ2) is 6.21. The van der Waals surface area contributed by atoms with Gasteiger partial charge in [0.15, 0.2) is 0 Å². The van der Waals surface area contributed by atoms with Crippen molar-refractivity contribution < 1.29 is 19.1 Å². The van der Waals surface area contributed by atoms with E-state index in [1.54, 1.807) is 0 Å². The van der Waals surface area contributed by atoms with E-state index in [4.69, 9.17) is 10.0 Å². The van der Waals surface area contributed by atoms with Crippen LogP contribution in [-0.2, 0) is 4.65 Å². The van der Waals surface area contributed by atoms with Gasteiger partial charge in [0.25, 0.3) is 6.01 Å². The molecule has 0 aliphatic rings. The summed E-state index contributed by atoms with van der Waals surface area (Å²) in [6, 6.07) is -1.21. The van der Waals surface area contributed by atoms with Gasteiger partial charge in [-0.1, -0.05) is 0 Å². The minimum absolute atomic E-state index is 0. The molecule has 0 saturated carbocycles. The van der Waals surface area contributed by atoms with Crippen molar-refractivity contribution in [2.75, 3.05) is 0 Å². The molecule has 0 fully saturated rings. The Hall–Kier alpha value is 1.09. The summed E-state index contributed by atoms with van der Waals surface area (Å²) in [5.74, 6) is 0. The fraction of sp³-hybridized carbons (Fsp3) is 0. The summed E-state index contributed by atoms with van der Waals surface area (Å²) in [4.78, 5) is 0. The van der Waals surface area contributed by atoms with Crippen molar-refractivity contribution in [2.45, 2.75) is 0 Å². The van der Waals surface area contributed by atoms with Gasteiger partial charge in [-0.25, -0.2) is 0 Å². The van der Waals surface area contributed by atoms with Crippen molar-refractivity contribution in [1.29, 1.82) is 0 Å². The van der Waals surface area contributed by atoms with Gasteiger partial charge in [0.2, 0.25) is 0 Å². The van der Waals surface area contributed by atoms with Crippen LogP contribution in [0.15, 0.2) is 12.6 Å². The van der Waals surface area contributed by atoms with E-state index >= 15 is 0 Å². The Morgan fingerprint density at radius 3 is 2.00 bits per heavy atom. The molecule has 0 aromatic heterocycles. The van der Waals surface area contributed by atoms with E-state index in [9.17, 15) is 4.39 Å². The van der Waals surface area contributed by atoms with Crippen molar-refractivity contribution >= 4 is 58.7 Å². The van der Waals surface area contributed by atoms with Gasteiger partial charge in [-0.15, -0.1) is 0 Å². The summed E-state index contributed by atoms with van der Waals surface area (Å²) in [6.07, 6.45) is 0. The second-order valence-corrected chi connectivity index (χ2v) is 0.799. The molecule has 0 spiro atoms. The Bertz CT molecular complexity index is 77.7. The van der Waals surface area contributed by atoms with Crippen molar-refractivity contribution in [3.8, 4) is 0 Å². The predicted octanol–water partition coefficient (Wildman–Crippen LogP) is -1.24. The van der Waals surface area contributed by atoms with Crippen molar-refractivity contribution in [1.82, 2.24) is 0 Å². The van der Waals surface area contributed by atoms with Gasteiger partial charge in [-0.3, -0.25) is 0 Å². The molecule has 6 heteroatoms. The first kappa shape index (κ1) is 11.8. The number of halogens is 1. The van der Waals surface area contributed by atoms with Crippen LogP contribution in [0.3, 0.4) is 0 Å². The third-order valence-electron chi connectivity index (χ3n) is 0.233. The summed E-state index contributed by atoms with van der Waals surface area (Å²) in [7, 11) is -2.10. The maximum absolute atomic E-state index is 11.2. The Balaban J connectivity index is 0. The molecule has 0 saturated heterocycles. The maximum atomic E-state index is 11.2. The molecule has 0 radical (unpaired) electrons. The van der Waals surface area contributed by atoms with Crippen LogP contribution >= 0.6 is 0 Å². The van der Waals surface area contributed by atoms with Crippen LogP contribution < -0.4 is 0 Å². The Morgan fingerprint density at radius 1 is 1.62 bits per heavy atom. The molecule has 0 unspecified atom stereocenters. The van der Waals surface area contributed by atoms with Crippen molar-refractivity contribution in [3.05, 3.63) is 12.6 Å². The standard InChI is InChI=1S/C2H4BFO3.K.H/c1-2(4)7-3(5)6;;/h5-6H,1H2;;. The molecule has 42 valence electrons. The normalized spacial score (nSPS) is 6.88. The third kappa shape index (κ3) is 10.2. The molecular formula is C2H5BFKO3. The Kier molecular flexibility index (Phi) is 9.20.